The largest absolute Gasteiger partial charge is 0.497 e. The molecule has 0 atom stereocenters. The van der Waals surface area contributed by atoms with E-state index in [1.165, 1.54) is 20.3 Å². The first-order chi connectivity index (χ1) is 19.6. The molecule has 216 valence electrons. The van der Waals surface area contributed by atoms with E-state index in [1.54, 1.807) is 31.2 Å². The lowest BCUT2D eigenvalue weighted by molar-refractivity contribution is -0.189. The highest BCUT2D eigenvalue weighted by atomic mass is 19.4. The molecule has 0 aliphatic carbocycles. The highest BCUT2D eigenvalue weighted by molar-refractivity contribution is 5.90. The van der Waals surface area contributed by atoms with Crippen molar-refractivity contribution in [3.8, 4) is 23.1 Å². The van der Waals surface area contributed by atoms with Crippen LogP contribution < -0.4 is 24.3 Å². The van der Waals surface area contributed by atoms with Gasteiger partial charge in [0.15, 0.2) is 0 Å². The highest BCUT2D eigenvalue weighted by Gasteiger charge is 2.42. The zero-order valence-electron chi connectivity index (χ0n) is 22.5. The maximum Gasteiger partial charge on any atom is 0.491 e. The monoisotopic (exact) mass is 572 g/mol. The van der Waals surface area contributed by atoms with Crippen molar-refractivity contribution < 1.29 is 36.9 Å². The van der Waals surface area contributed by atoms with Gasteiger partial charge in [0.25, 0.3) is 0 Å². The zero-order chi connectivity index (χ0) is 29.1. The molecule has 2 aromatic carbocycles. The van der Waals surface area contributed by atoms with E-state index < -0.39 is 18.0 Å². The van der Waals surface area contributed by atoms with E-state index in [0.29, 0.717) is 40.5 Å². The fraction of sp³-hybridized carbons (Fsp3) is 0.370. The lowest BCUT2D eigenvalue weighted by Gasteiger charge is -2.16. The Morgan fingerprint density at radius 2 is 1.68 bits per heavy atom. The van der Waals surface area contributed by atoms with Crippen molar-refractivity contribution in [2.75, 3.05) is 45.8 Å². The number of ether oxygens (including phenoxy) is 4. The Bertz CT molecular complexity index is 1590. The number of likely N-dealkylation sites (tertiary alicyclic amines) is 1. The van der Waals surface area contributed by atoms with Crippen LogP contribution in [0.5, 0.6) is 23.1 Å². The molecule has 1 N–H and O–H groups in total. The average molecular weight is 573 g/mol. The molecule has 5 rings (SSSR count). The van der Waals surface area contributed by atoms with Crippen LogP contribution in [0.15, 0.2) is 30.3 Å². The molecule has 1 aliphatic heterocycles. The first kappa shape index (κ1) is 28.1. The van der Waals surface area contributed by atoms with Crippen LogP contribution in [0.25, 0.3) is 21.8 Å². The van der Waals surface area contributed by atoms with Crippen LogP contribution in [0.1, 0.15) is 18.5 Å². The zero-order valence-corrected chi connectivity index (χ0v) is 22.5. The molecule has 41 heavy (non-hydrogen) atoms. The van der Waals surface area contributed by atoms with Gasteiger partial charge in [0.2, 0.25) is 17.8 Å². The maximum absolute atomic E-state index is 13.1. The lowest BCUT2D eigenvalue weighted by Crippen LogP contribution is -2.28. The van der Waals surface area contributed by atoms with Gasteiger partial charge >= 0.3 is 12.1 Å². The molecule has 14 heteroatoms. The minimum absolute atomic E-state index is 0.0489. The first-order valence-electron chi connectivity index (χ1n) is 12.8. The molecule has 0 amide bonds. The second-order valence-corrected chi connectivity index (χ2v) is 9.30. The Kier molecular flexibility index (Phi) is 7.92. The van der Waals surface area contributed by atoms with Crippen LogP contribution in [0.4, 0.5) is 25.1 Å². The number of hydrogen-bond acceptors (Lipinski definition) is 11. The summed E-state index contributed by atoms with van der Waals surface area (Å²) in [5, 5.41) is 3.54. The number of aromatic nitrogens is 4. The second kappa shape index (κ2) is 11.6. The quantitative estimate of drug-likeness (QED) is 0.284. The summed E-state index contributed by atoms with van der Waals surface area (Å²) in [7, 11) is 3.01. The van der Waals surface area contributed by atoms with E-state index in [-0.39, 0.29) is 22.8 Å². The molecule has 0 radical (unpaired) electrons. The fourth-order valence-corrected chi connectivity index (χ4v) is 4.50. The number of halogens is 3. The van der Waals surface area contributed by atoms with E-state index in [2.05, 4.69) is 34.9 Å². The van der Waals surface area contributed by atoms with Gasteiger partial charge in [-0.1, -0.05) is 0 Å². The molecule has 1 saturated heterocycles. The number of benzene rings is 2. The van der Waals surface area contributed by atoms with E-state index >= 15 is 0 Å². The van der Waals surface area contributed by atoms with E-state index in [4.69, 9.17) is 14.2 Å². The number of anilines is 2. The normalized spacial score (nSPS) is 13.9. The van der Waals surface area contributed by atoms with Gasteiger partial charge in [-0.15, -0.1) is 0 Å². The summed E-state index contributed by atoms with van der Waals surface area (Å²) in [6.45, 7) is 4.86. The molecule has 3 heterocycles. The van der Waals surface area contributed by atoms with Crippen molar-refractivity contribution in [1.82, 2.24) is 24.8 Å². The van der Waals surface area contributed by atoms with E-state index in [1.807, 2.05) is 0 Å². The average Bonchev–Trinajstić information content (AvgIpc) is 3.46. The third-order valence-electron chi connectivity index (χ3n) is 6.54. The van der Waals surface area contributed by atoms with Crippen molar-refractivity contribution in [2.24, 2.45) is 0 Å². The minimum atomic E-state index is -5.23. The Balaban J connectivity index is 1.48. The first-order valence-corrected chi connectivity index (χ1v) is 12.8. The van der Waals surface area contributed by atoms with Crippen molar-refractivity contribution in [2.45, 2.75) is 25.9 Å². The molecule has 1 fully saturated rings. The predicted molar refractivity (Wildman–Crippen MR) is 143 cm³/mol. The number of carbonyl (C=O) groups excluding carboxylic acids is 1. The fourth-order valence-electron chi connectivity index (χ4n) is 4.50. The molecule has 2 aromatic heterocycles. The van der Waals surface area contributed by atoms with Gasteiger partial charge in [-0.3, -0.25) is 10.2 Å². The summed E-state index contributed by atoms with van der Waals surface area (Å²) in [6.07, 6.45) is -2.95. The van der Waals surface area contributed by atoms with Crippen LogP contribution in [-0.2, 0) is 4.79 Å². The van der Waals surface area contributed by atoms with Gasteiger partial charge in [0, 0.05) is 18.0 Å². The number of nitrogens with one attached hydrogen (secondary N) is 1. The number of esters is 1. The second-order valence-electron chi connectivity index (χ2n) is 9.30. The van der Waals surface area contributed by atoms with Crippen LogP contribution >= 0.6 is 0 Å². The maximum atomic E-state index is 13.1. The number of carbonyl (C=O) groups is 1. The van der Waals surface area contributed by atoms with Gasteiger partial charge in [-0.25, -0.2) is 19.7 Å². The van der Waals surface area contributed by atoms with Crippen LogP contribution in [-0.4, -0.2) is 77.4 Å². The lowest BCUT2D eigenvalue weighted by atomic mass is 10.1. The molecule has 4 aromatic rings. The summed E-state index contributed by atoms with van der Waals surface area (Å²) in [5.74, 6) is -1.80. The van der Waals surface area contributed by atoms with Crippen molar-refractivity contribution in [1.29, 1.82) is 0 Å². The summed E-state index contributed by atoms with van der Waals surface area (Å²) in [5.41, 5.74) is 1.23. The van der Waals surface area contributed by atoms with Gasteiger partial charge in [-0.2, -0.15) is 18.2 Å². The van der Waals surface area contributed by atoms with E-state index in [0.717, 1.165) is 32.5 Å². The van der Waals surface area contributed by atoms with Crippen LogP contribution in [0, 0.1) is 6.92 Å². The number of hydrogen-bond donors (Lipinski definition) is 1. The Hall–Kier alpha value is -4.46. The standard InChI is InChI=1S/C27H27F3N6O5/c1-15-18-13-17(38-2)14-21(39-3)22(18)33-25(31-15)35-26-32-20-7-6-16(40-11-10-36-8-4-5-9-36)12-19(20)23(34-26)41-24(37)27(28,29)30/h6-7,12-14H,4-5,8-11H2,1-3H3,(H,31,32,33,34,35). The molecule has 0 spiro atoms. The van der Waals surface area contributed by atoms with Gasteiger partial charge in [0.05, 0.1) is 30.8 Å². The highest BCUT2D eigenvalue weighted by Crippen LogP contribution is 2.33. The summed E-state index contributed by atoms with van der Waals surface area (Å²) >= 11 is 0. The van der Waals surface area contributed by atoms with Gasteiger partial charge in [0.1, 0.15) is 29.4 Å². The smallest absolute Gasteiger partial charge is 0.491 e. The third-order valence-corrected chi connectivity index (χ3v) is 6.54. The number of rotatable bonds is 9. The molecular formula is C27H27F3N6O5. The molecule has 11 nitrogen and oxygen atoms in total. The summed E-state index contributed by atoms with van der Waals surface area (Å²) in [4.78, 5) is 31.3. The number of nitrogens with zero attached hydrogens (tertiary/aromatic N) is 5. The molecule has 0 bridgehead atoms. The van der Waals surface area contributed by atoms with Gasteiger partial charge in [-0.05, 0) is 57.1 Å². The Morgan fingerprint density at radius 3 is 2.39 bits per heavy atom. The summed E-state index contributed by atoms with van der Waals surface area (Å²) < 4.78 is 60.5. The predicted octanol–water partition coefficient (Wildman–Crippen LogP) is 4.58. The number of methoxy groups -OCH3 is 2. The number of fused-ring (bicyclic) bond motifs is 2. The molecule has 1 aliphatic rings. The third kappa shape index (κ3) is 6.32. The Morgan fingerprint density at radius 1 is 0.951 bits per heavy atom. The number of aryl methyl sites for hydroxylation is 1. The van der Waals surface area contributed by atoms with Crippen molar-refractivity contribution in [3.05, 3.63) is 36.0 Å². The molecule has 0 saturated carbocycles. The van der Waals surface area contributed by atoms with Crippen LogP contribution in [0.2, 0.25) is 0 Å². The Labute approximate surface area is 232 Å². The number of alkyl halides is 3. The molecular weight excluding hydrogens is 545 g/mol. The summed E-state index contributed by atoms with van der Waals surface area (Å²) in [6, 6.07) is 8.03. The minimum Gasteiger partial charge on any atom is -0.497 e. The van der Waals surface area contributed by atoms with Crippen molar-refractivity contribution in [3.63, 3.8) is 0 Å². The van der Waals surface area contributed by atoms with Gasteiger partial charge < -0.3 is 18.9 Å². The topological polar surface area (TPSA) is 121 Å². The van der Waals surface area contributed by atoms with E-state index in [9.17, 15) is 18.0 Å². The van der Waals surface area contributed by atoms with Crippen LogP contribution in [0.3, 0.4) is 0 Å². The SMILES string of the molecule is COc1cc(OC)c2nc(Nc3nc(OC(=O)C(F)(F)F)c4cc(OCCN5CCCC5)ccc4n3)nc(C)c2c1. The molecule has 0 unspecified atom stereocenters. The van der Waals surface area contributed by atoms with Crippen molar-refractivity contribution >= 4 is 39.7 Å².